The molecule has 0 aliphatic carbocycles. The largest absolute Gasteiger partial charge is 0.382 e. The summed E-state index contributed by atoms with van der Waals surface area (Å²) in [7, 11) is 0. The molecule has 1 N–H and O–H groups in total. The van der Waals surface area contributed by atoms with Gasteiger partial charge in [0.2, 0.25) is 0 Å². The predicted octanol–water partition coefficient (Wildman–Crippen LogP) is 4.54. The fourth-order valence-corrected chi connectivity index (χ4v) is 2.86. The molecule has 0 bridgehead atoms. The van der Waals surface area contributed by atoms with E-state index in [-0.39, 0.29) is 6.10 Å². The molecule has 3 rings (SSSR count). The number of hydrogen-bond donors (Lipinski definition) is 1. The van der Waals surface area contributed by atoms with E-state index in [0.29, 0.717) is 5.92 Å². The number of anilines is 1. The van der Waals surface area contributed by atoms with Crippen molar-refractivity contribution in [3.8, 4) is 0 Å². The van der Waals surface area contributed by atoms with E-state index < -0.39 is 0 Å². The first-order valence-corrected chi connectivity index (χ1v) is 7.77. The maximum atomic E-state index is 5.94. The van der Waals surface area contributed by atoms with Crippen LogP contribution in [0.4, 0.5) is 5.69 Å². The van der Waals surface area contributed by atoms with Crippen molar-refractivity contribution < 1.29 is 4.74 Å². The van der Waals surface area contributed by atoms with Gasteiger partial charge >= 0.3 is 0 Å². The fourth-order valence-electron chi connectivity index (χ4n) is 2.86. The minimum Gasteiger partial charge on any atom is -0.382 e. The third-order valence-electron chi connectivity index (χ3n) is 4.14. The van der Waals surface area contributed by atoms with Crippen LogP contribution in [0.5, 0.6) is 0 Å². The molecule has 21 heavy (non-hydrogen) atoms. The maximum absolute atomic E-state index is 5.94. The van der Waals surface area contributed by atoms with Crippen molar-refractivity contribution in [1.29, 1.82) is 0 Å². The Morgan fingerprint density at radius 2 is 2.00 bits per heavy atom. The molecule has 2 aromatic carbocycles. The van der Waals surface area contributed by atoms with Crippen LogP contribution < -0.4 is 5.32 Å². The number of nitrogens with one attached hydrogen (secondary N) is 1. The van der Waals surface area contributed by atoms with E-state index >= 15 is 0 Å². The standard InChI is InChI=1S/C19H23NO/c1-14(2)16-7-5-8-17(12-16)20-13-19-18-9-4-3-6-15(18)10-11-21-19/h3-9,12,14,19-20H,10-11,13H2,1-2H3. The lowest BCUT2D eigenvalue weighted by Gasteiger charge is -2.26. The number of rotatable bonds is 4. The van der Waals surface area contributed by atoms with Gasteiger partial charge in [-0.2, -0.15) is 0 Å². The van der Waals surface area contributed by atoms with Crippen molar-refractivity contribution in [2.75, 3.05) is 18.5 Å². The Bertz CT molecular complexity index is 606. The van der Waals surface area contributed by atoms with E-state index in [1.165, 1.54) is 22.4 Å². The molecule has 1 aliphatic rings. The first kappa shape index (κ1) is 14.2. The summed E-state index contributed by atoms with van der Waals surface area (Å²) in [6.07, 6.45) is 1.17. The van der Waals surface area contributed by atoms with Crippen LogP contribution in [0.1, 0.15) is 42.6 Å². The van der Waals surface area contributed by atoms with Crippen LogP contribution in [-0.4, -0.2) is 13.2 Å². The molecular weight excluding hydrogens is 258 g/mol. The van der Waals surface area contributed by atoms with Gasteiger partial charge in [-0.3, -0.25) is 0 Å². The van der Waals surface area contributed by atoms with Crippen molar-refractivity contribution >= 4 is 5.69 Å². The van der Waals surface area contributed by atoms with Gasteiger partial charge in [0.05, 0.1) is 12.7 Å². The van der Waals surface area contributed by atoms with Crippen molar-refractivity contribution in [3.05, 3.63) is 65.2 Å². The fraction of sp³-hybridized carbons (Fsp3) is 0.368. The average Bonchev–Trinajstić information content (AvgIpc) is 2.53. The molecule has 1 aliphatic heterocycles. The molecule has 1 unspecified atom stereocenters. The summed E-state index contributed by atoms with van der Waals surface area (Å²) in [6, 6.07) is 17.3. The summed E-state index contributed by atoms with van der Waals surface area (Å²) in [6.45, 7) is 6.08. The monoisotopic (exact) mass is 281 g/mol. The van der Waals surface area contributed by atoms with E-state index in [4.69, 9.17) is 4.74 Å². The third-order valence-corrected chi connectivity index (χ3v) is 4.14. The van der Waals surface area contributed by atoms with E-state index in [1.807, 2.05) is 0 Å². The van der Waals surface area contributed by atoms with E-state index in [9.17, 15) is 0 Å². The minimum absolute atomic E-state index is 0.151. The summed E-state index contributed by atoms with van der Waals surface area (Å²) in [4.78, 5) is 0. The van der Waals surface area contributed by atoms with Crippen molar-refractivity contribution in [2.45, 2.75) is 32.3 Å². The van der Waals surface area contributed by atoms with Gasteiger partial charge in [0, 0.05) is 12.2 Å². The van der Waals surface area contributed by atoms with Crippen LogP contribution in [0.3, 0.4) is 0 Å². The highest BCUT2D eigenvalue weighted by atomic mass is 16.5. The highest BCUT2D eigenvalue weighted by Gasteiger charge is 2.19. The van der Waals surface area contributed by atoms with E-state index in [2.05, 4.69) is 67.7 Å². The number of ether oxygens (including phenoxy) is 1. The summed E-state index contributed by atoms with van der Waals surface area (Å²) < 4.78 is 5.94. The summed E-state index contributed by atoms with van der Waals surface area (Å²) in [5.41, 5.74) is 5.29. The van der Waals surface area contributed by atoms with Crippen molar-refractivity contribution in [1.82, 2.24) is 0 Å². The number of fused-ring (bicyclic) bond motifs is 1. The number of benzene rings is 2. The van der Waals surface area contributed by atoms with Gasteiger partial charge in [-0.1, -0.05) is 50.2 Å². The Morgan fingerprint density at radius 1 is 1.14 bits per heavy atom. The second-order valence-corrected chi connectivity index (χ2v) is 5.97. The predicted molar refractivity (Wildman–Crippen MR) is 87.9 cm³/mol. The molecule has 0 fully saturated rings. The highest BCUT2D eigenvalue weighted by Crippen LogP contribution is 2.27. The second-order valence-electron chi connectivity index (χ2n) is 5.97. The van der Waals surface area contributed by atoms with Crippen LogP contribution in [0.15, 0.2) is 48.5 Å². The lowest BCUT2D eigenvalue weighted by Crippen LogP contribution is -2.22. The molecule has 0 aromatic heterocycles. The van der Waals surface area contributed by atoms with Crippen molar-refractivity contribution in [3.63, 3.8) is 0 Å². The van der Waals surface area contributed by atoms with Crippen LogP contribution in [0.2, 0.25) is 0 Å². The normalized spacial score (nSPS) is 17.6. The SMILES string of the molecule is CC(C)c1cccc(NCC2OCCc3ccccc32)c1. The number of hydrogen-bond acceptors (Lipinski definition) is 2. The van der Waals surface area contributed by atoms with Gasteiger partial charge in [-0.25, -0.2) is 0 Å². The van der Waals surface area contributed by atoms with E-state index in [1.54, 1.807) is 0 Å². The lowest BCUT2D eigenvalue weighted by molar-refractivity contribution is 0.0513. The van der Waals surface area contributed by atoms with Gasteiger partial charge in [0.1, 0.15) is 0 Å². The third kappa shape index (κ3) is 3.27. The molecular formula is C19H23NO. The van der Waals surface area contributed by atoms with Gasteiger partial charge in [0.25, 0.3) is 0 Å². The molecule has 2 aromatic rings. The molecule has 110 valence electrons. The smallest absolute Gasteiger partial charge is 0.0999 e. The average molecular weight is 281 g/mol. The Balaban J connectivity index is 1.70. The molecule has 0 saturated carbocycles. The van der Waals surface area contributed by atoms with Crippen LogP contribution in [0.25, 0.3) is 0 Å². The van der Waals surface area contributed by atoms with Gasteiger partial charge in [-0.15, -0.1) is 0 Å². The Morgan fingerprint density at radius 3 is 2.86 bits per heavy atom. The zero-order valence-electron chi connectivity index (χ0n) is 12.8. The first-order chi connectivity index (χ1) is 10.2. The first-order valence-electron chi connectivity index (χ1n) is 7.77. The topological polar surface area (TPSA) is 21.3 Å². The van der Waals surface area contributed by atoms with Crippen LogP contribution in [-0.2, 0) is 11.2 Å². The molecule has 0 amide bonds. The molecule has 1 heterocycles. The Hall–Kier alpha value is -1.80. The lowest BCUT2D eigenvalue weighted by atomic mass is 9.97. The van der Waals surface area contributed by atoms with Crippen LogP contribution >= 0.6 is 0 Å². The summed E-state index contributed by atoms with van der Waals surface area (Å²) in [5.74, 6) is 0.554. The Labute approximate surface area is 127 Å². The zero-order valence-corrected chi connectivity index (χ0v) is 12.8. The highest BCUT2D eigenvalue weighted by molar-refractivity contribution is 5.47. The van der Waals surface area contributed by atoms with Gasteiger partial charge in [-0.05, 0) is 41.2 Å². The van der Waals surface area contributed by atoms with E-state index in [0.717, 1.165) is 19.6 Å². The second kappa shape index (κ2) is 6.31. The molecule has 2 nitrogen and oxygen atoms in total. The molecule has 0 radical (unpaired) electrons. The quantitative estimate of drug-likeness (QED) is 0.888. The molecule has 0 spiro atoms. The van der Waals surface area contributed by atoms with Gasteiger partial charge in [0.15, 0.2) is 0 Å². The van der Waals surface area contributed by atoms with Crippen LogP contribution in [0, 0.1) is 0 Å². The zero-order chi connectivity index (χ0) is 14.7. The summed E-state index contributed by atoms with van der Waals surface area (Å²) >= 11 is 0. The molecule has 2 heteroatoms. The van der Waals surface area contributed by atoms with Crippen molar-refractivity contribution in [2.24, 2.45) is 0 Å². The summed E-state index contributed by atoms with van der Waals surface area (Å²) in [5, 5.41) is 3.53. The molecule has 0 saturated heterocycles. The Kier molecular flexibility index (Phi) is 4.26. The molecule has 1 atom stereocenters. The van der Waals surface area contributed by atoms with Gasteiger partial charge < -0.3 is 10.1 Å². The minimum atomic E-state index is 0.151. The maximum Gasteiger partial charge on any atom is 0.0999 e.